The molecule has 0 aromatic heterocycles. The summed E-state index contributed by atoms with van der Waals surface area (Å²) in [4.78, 5) is 24.7. The maximum Gasteiger partial charge on any atom is 0.337 e. The van der Waals surface area contributed by atoms with Gasteiger partial charge in [0.15, 0.2) is 29.2 Å². The van der Waals surface area contributed by atoms with Gasteiger partial charge in [-0.1, -0.05) is 35.9 Å². The highest BCUT2D eigenvalue weighted by Gasteiger charge is 2.32. The van der Waals surface area contributed by atoms with Gasteiger partial charge in [0, 0.05) is 5.70 Å². The highest BCUT2D eigenvalue weighted by molar-refractivity contribution is 14.1. The van der Waals surface area contributed by atoms with Crippen molar-refractivity contribution in [1.82, 2.24) is 16.1 Å². The molecule has 1 aliphatic heterocycles. The molecule has 2 atom stereocenters. The second kappa shape index (κ2) is 16.9. The van der Waals surface area contributed by atoms with E-state index in [9.17, 15) is 14.7 Å². The molecular formula is C34H39IN4O8. The van der Waals surface area contributed by atoms with Crippen LogP contribution in [0.2, 0.25) is 0 Å². The van der Waals surface area contributed by atoms with E-state index in [1.807, 2.05) is 57.2 Å². The Morgan fingerprint density at radius 2 is 1.72 bits per heavy atom. The normalized spacial score (nSPS) is 15.0. The molecule has 1 aliphatic rings. The molecular weight excluding hydrogens is 719 g/mol. The van der Waals surface area contributed by atoms with Crippen molar-refractivity contribution in [1.29, 1.82) is 0 Å². The lowest BCUT2D eigenvalue weighted by Crippen LogP contribution is -2.45. The number of aliphatic hydroxyl groups is 1. The number of amides is 2. The summed E-state index contributed by atoms with van der Waals surface area (Å²) < 4.78 is 29.4. The van der Waals surface area contributed by atoms with Gasteiger partial charge in [-0.25, -0.2) is 9.59 Å². The van der Waals surface area contributed by atoms with Gasteiger partial charge >= 0.3 is 12.0 Å². The number of carbonyl (C=O) groups is 2. The molecule has 47 heavy (non-hydrogen) atoms. The number of urea groups is 1. The summed E-state index contributed by atoms with van der Waals surface area (Å²) in [5, 5.41) is 20.1. The number of hydrogen-bond acceptors (Lipinski definition) is 10. The van der Waals surface area contributed by atoms with E-state index in [2.05, 4.69) is 43.8 Å². The standard InChI is InChI=1S/C34H39IN4O8/c1-6-44-27-16-24(31-30(33(41)43-5)21(4)37-34(42)38-31)12-13-26(27)46-19-29(40)39-36-17-23-14-25(35)32(28(15-23)45-7-2)47-18-22-10-8-20(3)9-11-22/h8-17,29,31,39-40H,6-7,18-19H2,1-5H3,(H2,37,38,42)/b36-17-/t29-,31-/m0/s1. The molecule has 1 heterocycles. The molecule has 0 unspecified atom stereocenters. The summed E-state index contributed by atoms with van der Waals surface area (Å²) in [6.07, 6.45) is 0.419. The molecule has 13 heteroatoms. The van der Waals surface area contributed by atoms with Crippen molar-refractivity contribution in [3.05, 3.63) is 91.7 Å². The molecule has 0 spiro atoms. The Labute approximate surface area is 287 Å². The van der Waals surface area contributed by atoms with Gasteiger partial charge in [0.25, 0.3) is 0 Å². The Morgan fingerprint density at radius 3 is 2.43 bits per heavy atom. The molecule has 0 bridgehead atoms. The number of rotatable bonds is 15. The molecule has 4 N–H and O–H groups in total. The third kappa shape index (κ3) is 9.51. The fourth-order valence-corrected chi connectivity index (χ4v) is 5.51. The largest absolute Gasteiger partial charge is 0.490 e. The van der Waals surface area contributed by atoms with Crippen LogP contribution < -0.4 is 35.0 Å². The van der Waals surface area contributed by atoms with Gasteiger partial charge in [0.05, 0.1) is 41.7 Å². The molecule has 0 radical (unpaired) electrons. The Morgan fingerprint density at radius 1 is 1.00 bits per heavy atom. The van der Waals surface area contributed by atoms with Crippen LogP contribution in [-0.4, -0.2) is 56.5 Å². The Bertz CT molecular complexity index is 1630. The van der Waals surface area contributed by atoms with Crippen molar-refractivity contribution in [2.45, 2.75) is 46.6 Å². The van der Waals surface area contributed by atoms with Crippen LogP contribution in [0.4, 0.5) is 4.79 Å². The molecule has 0 saturated carbocycles. The number of aryl methyl sites for hydroxylation is 1. The molecule has 3 aromatic carbocycles. The van der Waals surface area contributed by atoms with Gasteiger partial charge in [0.1, 0.15) is 13.2 Å². The van der Waals surface area contributed by atoms with E-state index in [1.54, 1.807) is 31.3 Å². The summed E-state index contributed by atoms with van der Waals surface area (Å²) in [6.45, 7) is 8.45. The number of allylic oxidation sites excluding steroid dienone is 1. The van der Waals surface area contributed by atoms with Crippen LogP contribution in [0.1, 0.15) is 49.1 Å². The van der Waals surface area contributed by atoms with Crippen molar-refractivity contribution in [3.8, 4) is 23.0 Å². The average Bonchev–Trinajstić information content (AvgIpc) is 3.04. The van der Waals surface area contributed by atoms with Crippen LogP contribution in [0.3, 0.4) is 0 Å². The number of aliphatic hydroxyl groups excluding tert-OH is 1. The summed E-state index contributed by atoms with van der Waals surface area (Å²) >= 11 is 2.20. The lowest BCUT2D eigenvalue weighted by Gasteiger charge is -2.28. The first-order chi connectivity index (χ1) is 22.6. The quantitative estimate of drug-likeness (QED) is 0.0547. The van der Waals surface area contributed by atoms with E-state index in [0.29, 0.717) is 54.1 Å². The molecule has 2 amide bonds. The lowest BCUT2D eigenvalue weighted by molar-refractivity contribution is -0.136. The second-order valence-electron chi connectivity index (χ2n) is 10.5. The summed E-state index contributed by atoms with van der Waals surface area (Å²) in [5.41, 5.74) is 6.90. The Balaban J connectivity index is 1.40. The smallest absolute Gasteiger partial charge is 0.337 e. The van der Waals surface area contributed by atoms with Crippen LogP contribution in [0.25, 0.3) is 0 Å². The molecule has 3 aromatic rings. The predicted molar refractivity (Wildman–Crippen MR) is 185 cm³/mol. The van der Waals surface area contributed by atoms with E-state index in [0.717, 1.165) is 14.7 Å². The first kappa shape index (κ1) is 35.4. The monoisotopic (exact) mass is 758 g/mol. The van der Waals surface area contributed by atoms with E-state index in [4.69, 9.17) is 23.7 Å². The van der Waals surface area contributed by atoms with Crippen LogP contribution in [-0.2, 0) is 16.1 Å². The topological polar surface area (TPSA) is 149 Å². The maximum absolute atomic E-state index is 12.5. The van der Waals surface area contributed by atoms with Gasteiger partial charge in [-0.2, -0.15) is 5.10 Å². The lowest BCUT2D eigenvalue weighted by atomic mass is 9.95. The van der Waals surface area contributed by atoms with Crippen LogP contribution in [0.15, 0.2) is 71.0 Å². The number of methoxy groups -OCH3 is 1. The highest BCUT2D eigenvalue weighted by Crippen LogP contribution is 2.36. The maximum atomic E-state index is 12.5. The fourth-order valence-electron chi connectivity index (χ4n) is 4.73. The number of hydrazone groups is 1. The zero-order valence-corrected chi connectivity index (χ0v) is 29.0. The minimum absolute atomic E-state index is 0.152. The van der Waals surface area contributed by atoms with Gasteiger partial charge in [-0.3, -0.25) is 5.43 Å². The average molecular weight is 759 g/mol. The predicted octanol–water partition coefficient (Wildman–Crippen LogP) is 5.10. The van der Waals surface area contributed by atoms with Crippen molar-refractivity contribution < 1.29 is 38.4 Å². The van der Waals surface area contributed by atoms with Crippen molar-refractivity contribution in [2.24, 2.45) is 5.10 Å². The Hall–Kier alpha value is -4.50. The summed E-state index contributed by atoms with van der Waals surface area (Å²) in [5.74, 6) is 1.41. The van der Waals surface area contributed by atoms with E-state index >= 15 is 0 Å². The molecule has 0 saturated heterocycles. The van der Waals surface area contributed by atoms with Crippen molar-refractivity contribution in [2.75, 3.05) is 26.9 Å². The number of halogens is 1. The SMILES string of the molecule is CCOc1cc([C@@H]2NC(=O)NC(C)=C2C(=O)OC)ccc1OC[C@H](O)N/N=C\c1cc(I)c(OCc2ccc(C)cc2)c(OCC)c1. The second-order valence-corrected chi connectivity index (χ2v) is 11.6. The molecule has 250 valence electrons. The van der Waals surface area contributed by atoms with Crippen molar-refractivity contribution in [3.63, 3.8) is 0 Å². The summed E-state index contributed by atoms with van der Waals surface area (Å²) in [6, 6.07) is 15.7. The highest BCUT2D eigenvalue weighted by atomic mass is 127. The first-order valence-electron chi connectivity index (χ1n) is 15.0. The van der Waals surface area contributed by atoms with Crippen LogP contribution in [0, 0.1) is 10.5 Å². The number of hydrogen-bond donors (Lipinski definition) is 4. The van der Waals surface area contributed by atoms with Crippen LogP contribution >= 0.6 is 22.6 Å². The van der Waals surface area contributed by atoms with Gasteiger partial charge in [-0.05, 0) is 91.2 Å². The zero-order chi connectivity index (χ0) is 33.9. The number of ether oxygens (including phenoxy) is 5. The number of benzene rings is 3. The van der Waals surface area contributed by atoms with Crippen LogP contribution in [0.5, 0.6) is 23.0 Å². The fraction of sp³-hybridized carbons (Fsp3) is 0.324. The molecule has 12 nitrogen and oxygen atoms in total. The molecule has 0 fully saturated rings. The summed E-state index contributed by atoms with van der Waals surface area (Å²) in [7, 11) is 1.28. The first-order valence-corrected chi connectivity index (χ1v) is 16.1. The van der Waals surface area contributed by atoms with E-state index in [-0.39, 0.29) is 12.2 Å². The number of nitrogens with zero attached hydrogens (tertiary/aromatic N) is 1. The van der Waals surface area contributed by atoms with E-state index < -0.39 is 24.3 Å². The van der Waals surface area contributed by atoms with E-state index in [1.165, 1.54) is 12.7 Å². The number of nitrogens with one attached hydrogen (secondary N) is 3. The van der Waals surface area contributed by atoms with Gasteiger partial charge in [0.2, 0.25) is 0 Å². The third-order valence-corrected chi connectivity index (χ3v) is 7.75. The van der Waals surface area contributed by atoms with Crippen molar-refractivity contribution >= 4 is 40.8 Å². The third-order valence-electron chi connectivity index (χ3n) is 6.94. The zero-order valence-electron chi connectivity index (χ0n) is 26.9. The molecule has 0 aliphatic carbocycles. The minimum atomic E-state index is -1.15. The number of carbonyl (C=O) groups excluding carboxylic acids is 2. The molecule has 4 rings (SSSR count). The number of esters is 1. The Kier molecular flexibility index (Phi) is 12.7. The van der Waals surface area contributed by atoms with Gasteiger partial charge < -0.3 is 39.4 Å². The van der Waals surface area contributed by atoms with Gasteiger partial charge in [-0.15, -0.1) is 0 Å². The minimum Gasteiger partial charge on any atom is -0.490 e.